The number of hydrogen-bond donors (Lipinski definition) is 1. The van der Waals surface area contributed by atoms with Crippen LogP contribution in [-0.2, 0) is 0 Å². The van der Waals surface area contributed by atoms with E-state index in [4.69, 9.17) is 13.9 Å². The maximum absolute atomic E-state index is 13.0. The SMILES string of the molecule is CCN(CC)CCOc1ccc(Nc2c(-c3ccc(OC)cc3)c(=O)oc3ccccc23)cc1. The van der Waals surface area contributed by atoms with E-state index >= 15 is 0 Å². The van der Waals surface area contributed by atoms with Crippen LogP contribution in [0.1, 0.15) is 13.8 Å². The highest BCUT2D eigenvalue weighted by atomic mass is 16.5. The van der Waals surface area contributed by atoms with Crippen molar-refractivity contribution in [2.75, 3.05) is 38.7 Å². The minimum absolute atomic E-state index is 0.400. The number of anilines is 2. The van der Waals surface area contributed by atoms with Crippen LogP contribution >= 0.6 is 0 Å². The van der Waals surface area contributed by atoms with E-state index in [-0.39, 0.29) is 0 Å². The Morgan fingerprint density at radius 1 is 0.882 bits per heavy atom. The van der Waals surface area contributed by atoms with Gasteiger partial charge < -0.3 is 24.1 Å². The molecule has 1 aromatic heterocycles. The van der Waals surface area contributed by atoms with Gasteiger partial charge in [-0.3, -0.25) is 0 Å². The molecule has 0 aliphatic rings. The first-order valence-electron chi connectivity index (χ1n) is 11.6. The summed E-state index contributed by atoms with van der Waals surface area (Å²) >= 11 is 0. The van der Waals surface area contributed by atoms with Gasteiger partial charge in [0.05, 0.1) is 18.4 Å². The Morgan fingerprint density at radius 3 is 2.24 bits per heavy atom. The van der Waals surface area contributed by atoms with Crippen LogP contribution in [0.25, 0.3) is 22.1 Å². The van der Waals surface area contributed by atoms with Crippen LogP contribution in [0.3, 0.4) is 0 Å². The first kappa shape index (κ1) is 23.4. The molecule has 0 radical (unpaired) electrons. The summed E-state index contributed by atoms with van der Waals surface area (Å²) in [5.74, 6) is 1.53. The van der Waals surface area contributed by atoms with E-state index in [9.17, 15) is 4.79 Å². The van der Waals surface area contributed by atoms with Gasteiger partial charge in [0, 0.05) is 17.6 Å². The smallest absolute Gasteiger partial charge is 0.346 e. The molecule has 0 saturated heterocycles. The molecular formula is C28H30N2O4. The van der Waals surface area contributed by atoms with Crippen LogP contribution in [0.15, 0.2) is 82.0 Å². The van der Waals surface area contributed by atoms with Crippen molar-refractivity contribution in [3.63, 3.8) is 0 Å². The summed E-state index contributed by atoms with van der Waals surface area (Å²) in [5.41, 5.74) is 2.90. The van der Waals surface area contributed by atoms with Crippen molar-refractivity contribution in [2.45, 2.75) is 13.8 Å². The Kier molecular flexibility index (Phi) is 7.50. The van der Waals surface area contributed by atoms with Crippen molar-refractivity contribution in [3.05, 3.63) is 83.2 Å². The zero-order valence-electron chi connectivity index (χ0n) is 19.8. The largest absolute Gasteiger partial charge is 0.497 e. The molecule has 0 fully saturated rings. The van der Waals surface area contributed by atoms with Gasteiger partial charge in [-0.25, -0.2) is 4.79 Å². The first-order valence-corrected chi connectivity index (χ1v) is 11.6. The van der Waals surface area contributed by atoms with Crippen LogP contribution < -0.4 is 20.4 Å². The zero-order chi connectivity index (χ0) is 23.9. The highest BCUT2D eigenvalue weighted by Crippen LogP contribution is 2.35. The Morgan fingerprint density at radius 2 is 1.56 bits per heavy atom. The molecule has 0 atom stereocenters. The second kappa shape index (κ2) is 10.9. The monoisotopic (exact) mass is 458 g/mol. The summed E-state index contributed by atoms with van der Waals surface area (Å²) in [5, 5.41) is 4.27. The zero-order valence-corrected chi connectivity index (χ0v) is 19.8. The maximum Gasteiger partial charge on any atom is 0.346 e. The van der Waals surface area contributed by atoms with Gasteiger partial charge in [0.1, 0.15) is 23.7 Å². The van der Waals surface area contributed by atoms with Crippen LogP contribution in [0.5, 0.6) is 11.5 Å². The molecular weight excluding hydrogens is 428 g/mol. The van der Waals surface area contributed by atoms with Crippen LogP contribution in [0.4, 0.5) is 11.4 Å². The summed E-state index contributed by atoms with van der Waals surface area (Å²) in [6, 6.07) is 22.7. The molecule has 3 aromatic carbocycles. The number of hydrogen-bond acceptors (Lipinski definition) is 6. The second-order valence-corrected chi connectivity index (χ2v) is 7.89. The standard InChI is InChI=1S/C28H30N2O4/c1-4-30(5-2)18-19-33-23-16-12-21(13-17-23)29-27-24-8-6-7-9-25(24)34-28(31)26(27)20-10-14-22(32-3)15-11-20/h6-17,29H,4-5,18-19H2,1-3H3. The number of methoxy groups -OCH3 is 1. The van der Waals surface area contributed by atoms with E-state index in [0.29, 0.717) is 23.4 Å². The molecule has 1 N–H and O–H groups in total. The normalized spacial score (nSPS) is 11.1. The molecule has 4 rings (SSSR count). The number of rotatable bonds is 10. The fraction of sp³-hybridized carbons (Fsp3) is 0.250. The predicted molar refractivity (Wildman–Crippen MR) is 137 cm³/mol. The summed E-state index contributed by atoms with van der Waals surface area (Å²) in [6.07, 6.45) is 0. The van der Waals surface area contributed by atoms with Crippen molar-refractivity contribution in [2.24, 2.45) is 0 Å². The molecule has 0 bridgehead atoms. The lowest BCUT2D eigenvalue weighted by molar-refractivity contribution is 0.223. The predicted octanol–water partition coefficient (Wildman–Crippen LogP) is 5.93. The Bertz CT molecular complexity index is 1280. The van der Waals surface area contributed by atoms with E-state index in [2.05, 4.69) is 24.1 Å². The third kappa shape index (κ3) is 5.24. The van der Waals surface area contributed by atoms with Crippen molar-refractivity contribution >= 4 is 22.3 Å². The van der Waals surface area contributed by atoms with E-state index in [0.717, 1.165) is 47.8 Å². The van der Waals surface area contributed by atoms with E-state index in [1.165, 1.54) is 0 Å². The van der Waals surface area contributed by atoms with E-state index in [1.54, 1.807) is 13.2 Å². The number of ether oxygens (including phenoxy) is 2. The third-order valence-corrected chi connectivity index (χ3v) is 5.89. The highest BCUT2D eigenvalue weighted by molar-refractivity contribution is 5.99. The minimum atomic E-state index is -0.400. The summed E-state index contributed by atoms with van der Waals surface area (Å²) < 4.78 is 16.8. The summed E-state index contributed by atoms with van der Waals surface area (Å²) in [7, 11) is 1.61. The van der Waals surface area contributed by atoms with Gasteiger partial charge in [-0.05, 0) is 67.2 Å². The number of para-hydroxylation sites is 1. The van der Waals surface area contributed by atoms with Gasteiger partial charge in [0.25, 0.3) is 0 Å². The van der Waals surface area contributed by atoms with Gasteiger partial charge >= 0.3 is 5.63 Å². The highest BCUT2D eigenvalue weighted by Gasteiger charge is 2.17. The van der Waals surface area contributed by atoms with Crippen LogP contribution in [0.2, 0.25) is 0 Å². The summed E-state index contributed by atoms with van der Waals surface area (Å²) in [4.78, 5) is 15.3. The summed E-state index contributed by atoms with van der Waals surface area (Å²) in [6.45, 7) is 7.86. The molecule has 0 aliphatic heterocycles. The number of likely N-dealkylation sites (N-methyl/N-ethyl adjacent to an activating group) is 1. The molecule has 0 unspecified atom stereocenters. The van der Waals surface area contributed by atoms with E-state index < -0.39 is 5.63 Å². The van der Waals surface area contributed by atoms with Crippen molar-refractivity contribution in [1.82, 2.24) is 4.90 Å². The number of fused-ring (bicyclic) bond motifs is 1. The average molecular weight is 459 g/mol. The molecule has 176 valence electrons. The van der Waals surface area contributed by atoms with Gasteiger partial charge in [0.15, 0.2) is 0 Å². The molecule has 0 spiro atoms. The van der Waals surface area contributed by atoms with Gasteiger partial charge in [-0.15, -0.1) is 0 Å². The van der Waals surface area contributed by atoms with Crippen molar-refractivity contribution in [1.29, 1.82) is 0 Å². The Hall–Kier alpha value is -3.77. The molecule has 1 heterocycles. The number of benzene rings is 3. The quantitative estimate of drug-likeness (QED) is 0.297. The fourth-order valence-electron chi connectivity index (χ4n) is 3.91. The first-order chi connectivity index (χ1) is 16.6. The third-order valence-electron chi connectivity index (χ3n) is 5.89. The lowest BCUT2D eigenvalue weighted by atomic mass is 10.0. The molecule has 0 amide bonds. The van der Waals surface area contributed by atoms with Crippen molar-refractivity contribution in [3.8, 4) is 22.6 Å². The topological polar surface area (TPSA) is 63.9 Å². The van der Waals surface area contributed by atoms with Gasteiger partial charge in [-0.2, -0.15) is 0 Å². The van der Waals surface area contributed by atoms with Crippen LogP contribution in [-0.4, -0.2) is 38.3 Å². The molecule has 6 nitrogen and oxygen atoms in total. The van der Waals surface area contributed by atoms with Crippen molar-refractivity contribution < 1.29 is 13.9 Å². The fourth-order valence-corrected chi connectivity index (χ4v) is 3.91. The molecule has 4 aromatic rings. The Labute approximate surface area is 199 Å². The lowest BCUT2D eigenvalue weighted by Gasteiger charge is -2.18. The average Bonchev–Trinajstić information content (AvgIpc) is 2.88. The second-order valence-electron chi connectivity index (χ2n) is 7.89. The number of nitrogens with one attached hydrogen (secondary N) is 1. The molecule has 0 saturated carbocycles. The molecule has 6 heteroatoms. The Balaban J connectivity index is 1.63. The number of nitrogens with zero attached hydrogens (tertiary/aromatic N) is 1. The van der Waals surface area contributed by atoms with Gasteiger partial charge in [0.2, 0.25) is 0 Å². The van der Waals surface area contributed by atoms with Crippen LogP contribution in [0, 0.1) is 0 Å². The lowest BCUT2D eigenvalue weighted by Crippen LogP contribution is -2.27. The van der Waals surface area contributed by atoms with Gasteiger partial charge in [-0.1, -0.05) is 38.1 Å². The minimum Gasteiger partial charge on any atom is -0.497 e. The van der Waals surface area contributed by atoms with E-state index in [1.807, 2.05) is 66.7 Å². The molecule has 0 aliphatic carbocycles. The molecule has 34 heavy (non-hydrogen) atoms. The maximum atomic E-state index is 13.0.